The maximum atomic E-state index is 12.1. The molecule has 0 fully saturated rings. The molecule has 0 saturated heterocycles. The molecular formula is C22H18N4O2. The van der Waals surface area contributed by atoms with E-state index in [9.17, 15) is 4.79 Å². The van der Waals surface area contributed by atoms with E-state index in [0.29, 0.717) is 5.75 Å². The van der Waals surface area contributed by atoms with Gasteiger partial charge in [0.05, 0.1) is 23.9 Å². The summed E-state index contributed by atoms with van der Waals surface area (Å²) in [5, 5.41) is 3.81. The molecule has 0 aliphatic heterocycles. The molecule has 1 N–H and O–H groups in total. The summed E-state index contributed by atoms with van der Waals surface area (Å²) in [7, 11) is 0. The highest BCUT2D eigenvalue weighted by atomic mass is 16.5. The topological polar surface area (TPSA) is 69.0 Å². The first-order valence-corrected chi connectivity index (χ1v) is 8.90. The van der Waals surface area contributed by atoms with E-state index in [0.717, 1.165) is 21.9 Å². The number of carbonyl (C=O) groups excluding carboxylic acids is 1. The van der Waals surface area contributed by atoms with Crippen LogP contribution in [-0.2, 0) is 11.3 Å². The SMILES string of the molecule is O=C(Cn1cnc2ccccc21)NCC#CCOc1cccc2cccnc12. The first-order valence-electron chi connectivity index (χ1n) is 8.90. The molecule has 2 heterocycles. The molecule has 0 radical (unpaired) electrons. The van der Waals surface area contributed by atoms with Gasteiger partial charge >= 0.3 is 0 Å². The van der Waals surface area contributed by atoms with E-state index in [4.69, 9.17) is 4.74 Å². The van der Waals surface area contributed by atoms with Crippen molar-refractivity contribution in [3.05, 3.63) is 67.1 Å². The van der Waals surface area contributed by atoms with Crippen molar-refractivity contribution in [1.29, 1.82) is 0 Å². The second kappa shape index (κ2) is 8.23. The zero-order chi connectivity index (χ0) is 19.2. The van der Waals surface area contributed by atoms with Gasteiger partial charge < -0.3 is 14.6 Å². The Morgan fingerprint density at radius 2 is 1.93 bits per heavy atom. The van der Waals surface area contributed by atoms with E-state index in [-0.39, 0.29) is 25.6 Å². The number of rotatable bonds is 5. The van der Waals surface area contributed by atoms with Gasteiger partial charge in [0.1, 0.15) is 24.4 Å². The van der Waals surface area contributed by atoms with Crippen LogP contribution in [0.25, 0.3) is 21.9 Å². The molecule has 0 unspecified atom stereocenters. The van der Waals surface area contributed by atoms with Crippen LogP contribution in [0.3, 0.4) is 0 Å². The zero-order valence-corrected chi connectivity index (χ0v) is 15.1. The monoisotopic (exact) mass is 370 g/mol. The number of nitrogens with one attached hydrogen (secondary N) is 1. The molecule has 0 spiro atoms. The highest BCUT2D eigenvalue weighted by Crippen LogP contribution is 2.22. The third kappa shape index (κ3) is 3.94. The van der Waals surface area contributed by atoms with Crippen molar-refractivity contribution in [2.75, 3.05) is 13.2 Å². The first-order chi connectivity index (χ1) is 13.8. The molecule has 138 valence electrons. The van der Waals surface area contributed by atoms with E-state index in [1.165, 1.54) is 0 Å². The Balaban J connectivity index is 1.26. The molecule has 6 nitrogen and oxygen atoms in total. The quantitative estimate of drug-likeness (QED) is 0.549. The molecule has 0 saturated carbocycles. The lowest BCUT2D eigenvalue weighted by Gasteiger charge is -2.05. The average molecular weight is 370 g/mol. The first kappa shape index (κ1) is 17.6. The van der Waals surface area contributed by atoms with Crippen LogP contribution in [-0.4, -0.2) is 33.6 Å². The number of pyridine rings is 1. The molecule has 1 amide bonds. The van der Waals surface area contributed by atoms with Gasteiger partial charge in [-0.05, 0) is 24.3 Å². The number of hydrogen-bond donors (Lipinski definition) is 1. The van der Waals surface area contributed by atoms with Crippen LogP contribution in [0.5, 0.6) is 5.75 Å². The lowest BCUT2D eigenvalue weighted by Crippen LogP contribution is -2.27. The highest BCUT2D eigenvalue weighted by Gasteiger charge is 2.05. The average Bonchev–Trinajstić information content (AvgIpc) is 3.13. The molecule has 28 heavy (non-hydrogen) atoms. The summed E-state index contributed by atoms with van der Waals surface area (Å²) >= 11 is 0. The Morgan fingerprint density at radius 1 is 1.04 bits per heavy atom. The fourth-order valence-corrected chi connectivity index (χ4v) is 2.91. The Labute approximate surface area is 162 Å². The van der Waals surface area contributed by atoms with Crippen LogP contribution >= 0.6 is 0 Å². The Bertz CT molecular complexity index is 1180. The summed E-state index contributed by atoms with van der Waals surface area (Å²) in [5.41, 5.74) is 2.61. The molecule has 0 atom stereocenters. The summed E-state index contributed by atoms with van der Waals surface area (Å²) in [6.07, 6.45) is 3.40. The van der Waals surface area contributed by atoms with Crippen molar-refractivity contribution in [1.82, 2.24) is 19.9 Å². The molecule has 4 aromatic rings. The van der Waals surface area contributed by atoms with E-state index >= 15 is 0 Å². The minimum absolute atomic E-state index is 0.114. The van der Waals surface area contributed by atoms with Crippen LogP contribution in [0.1, 0.15) is 0 Å². The van der Waals surface area contributed by atoms with Gasteiger partial charge in [-0.15, -0.1) is 0 Å². The molecule has 0 bridgehead atoms. The Hall–Kier alpha value is -3.85. The minimum Gasteiger partial charge on any atom is -0.479 e. The molecule has 6 heteroatoms. The number of amides is 1. The van der Waals surface area contributed by atoms with Gasteiger partial charge in [0.2, 0.25) is 5.91 Å². The number of carbonyl (C=O) groups is 1. The van der Waals surface area contributed by atoms with Gasteiger partial charge in [0.15, 0.2) is 0 Å². The molecule has 0 aliphatic carbocycles. The summed E-state index contributed by atoms with van der Waals surface area (Å²) in [5.74, 6) is 6.39. The number of fused-ring (bicyclic) bond motifs is 2. The summed E-state index contributed by atoms with van der Waals surface area (Å²) < 4.78 is 7.51. The molecule has 2 aromatic heterocycles. The third-order valence-electron chi connectivity index (χ3n) is 4.24. The van der Waals surface area contributed by atoms with E-state index in [1.807, 2.05) is 59.2 Å². The summed E-state index contributed by atoms with van der Waals surface area (Å²) in [6, 6.07) is 17.4. The summed E-state index contributed by atoms with van der Waals surface area (Å²) in [6.45, 7) is 0.709. The fourth-order valence-electron chi connectivity index (χ4n) is 2.91. The van der Waals surface area contributed by atoms with Crippen LogP contribution in [0, 0.1) is 11.8 Å². The second-order valence-electron chi connectivity index (χ2n) is 6.11. The highest BCUT2D eigenvalue weighted by molar-refractivity contribution is 5.84. The predicted molar refractivity (Wildman–Crippen MR) is 108 cm³/mol. The van der Waals surface area contributed by atoms with Crippen molar-refractivity contribution in [2.24, 2.45) is 0 Å². The smallest absolute Gasteiger partial charge is 0.240 e. The fraction of sp³-hybridized carbons (Fsp3) is 0.136. The van der Waals surface area contributed by atoms with Crippen LogP contribution in [0.2, 0.25) is 0 Å². The lowest BCUT2D eigenvalue weighted by molar-refractivity contribution is -0.121. The maximum Gasteiger partial charge on any atom is 0.240 e. The van der Waals surface area contributed by atoms with E-state index < -0.39 is 0 Å². The molecule has 4 rings (SSSR count). The number of nitrogens with zero attached hydrogens (tertiary/aromatic N) is 3. The van der Waals surface area contributed by atoms with Gasteiger partial charge in [0, 0.05) is 11.6 Å². The van der Waals surface area contributed by atoms with Crippen molar-refractivity contribution < 1.29 is 9.53 Å². The van der Waals surface area contributed by atoms with Gasteiger partial charge in [0.25, 0.3) is 0 Å². The van der Waals surface area contributed by atoms with Gasteiger partial charge in [-0.3, -0.25) is 9.78 Å². The normalized spacial score (nSPS) is 10.4. The summed E-state index contributed by atoms with van der Waals surface area (Å²) in [4.78, 5) is 20.7. The number of ether oxygens (including phenoxy) is 1. The van der Waals surface area contributed by atoms with Crippen molar-refractivity contribution >= 4 is 27.8 Å². The predicted octanol–water partition coefficient (Wildman–Crippen LogP) is 2.78. The van der Waals surface area contributed by atoms with Crippen LogP contribution in [0.4, 0.5) is 0 Å². The zero-order valence-electron chi connectivity index (χ0n) is 15.1. The number of imidazole rings is 1. The minimum atomic E-state index is -0.114. The largest absolute Gasteiger partial charge is 0.479 e. The van der Waals surface area contributed by atoms with Crippen LogP contribution in [0.15, 0.2) is 67.1 Å². The maximum absolute atomic E-state index is 12.1. The number of aromatic nitrogens is 3. The Morgan fingerprint density at radius 3 is 2.89 bits per heavy atom. The van der Waals surface area contributed by atoms with Crippen LogP contribution < -0.4 is 10.1 Å². The molecular weight excluding hydrogens is 352 g/mol. The van der Waals surface area contributed by atoms with E-state index in [2.05, 4.69) is 27.1 Å². The van der Waals surface area contributed by atoms with Crippen molar-refractivity contribution in [3.63, 3.8) is 0 Å². The van der Waals surface area contributed by atoms with Crippen molar-refractivity contribution in [2.45, 2.75) is 6.54 Å². The lowest BCUT2D eigenvalue weighted by atomic mass is 10.2. The van der Waals surface area contributed by atoms with Gasteiger partial charge in [-0.2, -0.15) is 0 Å². The van der Waals surface area contributed by atoms with Crippen molar-refractivity contribution in [3.8, 4) is 17.6 Å². The van der Waals surface area contributed by atoms with Gasteiger partial charge in [-0.1, -0.05) is 42.2 Å². The number of benzene rings is 2. The van der Waals surface area contributed by atoms with Gasteiger partial charge in [-0.25, -0.2) is 4.98 Å². The second-order valence-corrected chi connectivity index (χ2v) is 6.11. The number of hydrogen-bond acceptors (Lipinski definition) is 4. The van der Waals surface area contributed by atoms with E-state index in [1.54, 1.807) is 12.5 Å². The molecule has 0 aliphatic rings. The number of para-hydroxylation sites is 3. The standard InChI is InChI=1S/C22H18N4O2/c27-21(15-26-16-25-18-9-1-2-10-19(18)26)23-12-3-4-14-28-20-11-5-7-17-8-6-13-24-22(17)20/h1-2,5-11,13,16H,12,14-15H2,(H,23,27). The molecule has 2 aromatic carbocycles. The Kier molecular flexibility index (Phi) is 5.16. The third-order valence-corrected chi connectivity index (χ3v) is 4.24.